The van der Waals surface area contributed by atoms with Gasteiger partial charge >= 0.3 is 0 Å². The van der Waals surface area contributed by atoms with E-state index in [4.69, 9.17) is 0 Å². The van der Waals surface area contributed by atoms with E-state index in [0.717, 1.165) is 12.1 Å². The van der Waals surface area contributed by atoms with Crippen LogP contribution >= 0.6 is 0 Å². The molecule has 0 saturated carbocycles. The largest absolute Gasteiger partial charge is 0.315 e. The van der Waals surface area contributed by atoms with E-state index in [9.17, 15) is 0 Å². The number of nitrogens with zero attached hydrogens (tertiary/aromatic N) is 1. The van der Waals surface area contributed by atoms with Crippen molar-refractivity contribution in [2.24, 2.45) is 0 Å². The first-order valence-corrected chi connectivity index (χ1v) is 8.26. The summed E-state index contributed by atoms with van der Waals surface area (Å²) in [5, 5.41) is 3.51. The normalized spacial score (nSPS) is 21.7. The fourth-order valence-corrected chi connectivity index (χ4v) is 3.15. The van der Waals surface area contributed by atoms with Gasteiger partial charge in [-0.25, -0.2) is 0 Å². The van der Waals surface area contributed by atoms with Crippen LogP contribution in [-0.2, 0) is 0 Å². The molecule has 1 heterocycles. The zero-order valence-electron chi connectivity index (χ0n) is 12.9. The lowest BCUT2D eigenvalue weighted by Gasteiger charge is -2.34. The lowest BCUT2D eigenvalue weighted by Crippen LogP contribution is -2.43. The molecule has 1 N–H and O–H groups in total. The van der Waals surface area contributed by atoms with Crippen molar-refractivity contribution in [3.05, 3.63) is 0 Å². The van der Waals surface area contributed by atoms with Gasteiger partial charge in [-0.1, -0.05) is 46.0 Å². The second-order valence-corrected chi connectivity index (χ2v) is 5.94. The molecule has 2 unspecified atom stereocenters. The Bertz CT molecular complexity index is 188. The summed E-state index contributed by atoms with van der Waals surface area (Å²) in [6, 6.07) is 1.58. The van der Waals surface area contributed by atoms with Crippen LogP contribution in [0.2, 0.25) is 0 Å². The third-order valence-electron chi connectivity index (χ3n) is 4.28. The second kappa shape index (κ2) is 9.80. The molecule has 0 amide bonds. The molecule has 0 aromatic rings. The van der Waals surface area contributed by atoms with Gasteiger partial charge in [0.2, 0.25) is 0 Å². The molecule has 0 radical (unpaired) electrons. The van der Waals surface area contributed by atoms with Crippen LogP contribution in [0.3, 0.4) is 0 Å². The molecule has 0 aromatic heterocycles. The number of nitrogens with one attached hydrogen (secondary N) is 1. The molecule has 1 aliphatic rings. The van der Waals surface area contributed by atoms with E-state index in [2.05, 4.69) is 31.0 Å². The average molecular weight is 254 g/mol. The van der Waals surface area contributed by atoms with Crippen LogP contribution in [0.1, 0.15) is 72.1 Å². The van der Waals surface area contributed by atoms with Crippen molar-refractivity contribution in [1.29, 1.82) is 0 Å². The van der Waals surface area contributed by atoms with Gasteiger partial charge in [-0.2, -0.15) is 0 Å². The molecular formula is C16H34N2. The van der Waals surface area contributed by atoms with Crippen LogP contribution in [0, 0.1) is 0 Å². The maximum atomic E-state index is 3.51. The summed E-state index contributed by atoms with van der Waals surface area (Å²) < 4.78 is 0. The zero-order chi connectivity index (χ0) is 13.2. The number of hydrogen-bond donors (Lipinski definition) is 1. The van der Waals surface area contributed by atoms with E-state index < -0.39 is 0 Å². The van der Waals surface area contributed by atoms with Gasteiger partial charge in [0.05, 0.1) is 0 Å². The molecule has 18 heavy (non-hydrogen) atoms. The fraction of sp³-hybridized carbons (Fsp3) is 1.00. The van der Waals surface area contributed by atoms with Crippen molar-refractivity contribution in [3.63, 3.8) is 0 Å². The van der Waals surface area contributed by atoms with Crippen LogP contribution in [-0.4, -0.2) is 36.6 Å². The molecule has 2 nitrogen and oxygen atoms in total. The molecule has 1 fully saturated rings. The first kappa shape index (κ1) is 16.0. The average Bonchev–Trinajstić information content (AvgIpc) is 2.89. The highest BCUT2D eigenvalue weighted by Gasteiger charge is 2.25. The van der Waals surface area contributed by atoms with Crippen molar-refractivity contribution in [2.75, 3.05) is 19.6 Å². The van der Waals surface area contributed by atoms with Gasteiger partial charge in [-0.05, 0) is 39.3 Å². The van der Waals surface area contributed by atoms with Gasteiger partial charge in [0, 0.05) is 18.6 Å². The number of rotatable bonds is 10. The van der Waals surface area contributed by atoms with Crippen LogP contribution in [0.5, 0.6) is 0 Å². The molecule has 0 spiro atoms. The molecule has 2 heteroatoms. The van der Waals surface area contributed by atoms with Crippen LogP contribution in [0.25, 0.3) is 0 Å². The van der Waals surface area contributed by atoms with Crippen molar-refractivity contribution in [3.8, 4) is 0 Å². The third kappa shape index (κ3) is 5.71. The zero-order valence-corrected chi connectivity index (χ0v) is 12.9. The van der Waals surface area contributed by atoms with Crippen LogP contribution < -0.4 is 5.32 Å². The topological polar surface area (TPSA) is 15.3 Å². The Morgan fingerprint density at radius 3 is 2.50 bits per heavy atom. The molecule has 0 aromatic carbocycles. The highest BCUT2D eigenvalue weighted by molar-refractivity contribution is 4.83. The number of unbranched alkanes of at least 4 members (excludes halogenated alkanes) is 4. The van der Waals surface area contributed by atoms with Gasteiger partial charge in [0.25, 0.3) is 0 Å². The smallest absolute Gasteiger partial charge is 0.0235 e. The minimum Gasteiger partial charge on any atom is -0.315 e. The molecule has 1 aliphatic heterocycles. The SMILES string of the molecule is CCCCCCCC(C)N(CCC)C1CCNC1. The second-order valence-electron chi connectivity index (χ2n) is 5.94. The van der Waals surface area contributed by atoms with Gasteiger partial charge in [-0.3, -0.25) is 4.90 Å². The lowest BCUT2D eigenvalue weighted by atomic mass is 10.0. The molecule has 108 valence electrons. The van der Waals surface area contributed by atoms with Crippen molar-refractivity contribution >= 4 is 0 Å². The molecule has 1 rings (SSSR count). The first-order chi connectivity index (χ1) is 8.79. The fourth-order valence-electron chi connectivity index (χ4n) is 3.15. The van der Waals surface area contributed by atoms with E-state index in [1.807, 2.05) is 0 Å². The van der Waals surface area contributed by atoms with E-state index in [1.165, 1.54) is 71.0 Å². The molecule has 0 aliphatic carbocycles. The maximum absolute atomic E-state index is 3.51. The summed E-state index contributed by atoms with van der Waals surface area (Å²) in [4.78, 5) is 2.76. The minimum absolute atomic E-state index is 0.775. The van der Waals surface area contributed by atoms with Crippen LogP contribution in [0.15, 0.2) is 0 Å². The van der Waals surface area contributed by atoms with Crippen molar-refractivity contribution in [1.82, 2.24) is 10.2 Å². The van der Waals surface area contributed by atoms with Crippen molar-refractivity contribution < 1.29 is 0 Å². The Morgan fingerprint density at radius 2 is 1.89 bits per heavy atom. The highest BCUT2D eigenvalue weighted by atomic mass is 15.2. The summed E-state index contributed by atoms with van der Waals surface area (Å²) in [5.74, 6) is 0. The highest BCUT2D eigenvalue weighted by Crippen LogP contribution is 2.17. The summed E-state index contributed by atoms with van der Waals surface area (Å²) in [6.07, 6.45) is 11.1. The summed E-state index contributed by atoms with van der Waals surface area (Å²) in [6.45, 7) is 10.7. The van der Waals surface area contributed by atoms with E-state index in [-0.39, 0.29) is 0 Å². The summed E-state index contributed by atoms with van der Waals surface area (Å²) in [7, 11) is 0. The van der Waals surface area contributed by atoms with Gasteiger partial charge < -0.3 is 5.32 Å². The first-order valence-electron chi connectivity index (χ1n) is 8.26. The van der Waals surface area contributed by atoms with Crippen LogP contribution in [0.4, 0.5) is 0 Å². The summed E-state index contributed by atoms with van der Waals surface area (Å²) in [5.41, 5.74) is 0. The molecule has 1 saturated heterocycles. The Hall–Kier alpha value is -0.0800. The van der Waals surface area contributed by atoms with Gasteiger partial charge in [0.15, 0.2) is 0 Å². The van der Waals surface area contributed by atoms with E-state index in [1.54, 1.807) is 0 Å². The maximum Gasteiger partial charge on any atom is 0.0235 e. The molecule has 0 bridgehead atoms. The summed E-state index contributed by atoms with van der Waals surface area (Å²) >= 11 is 0. The standard InChI is InChI=1S/C16H34N2/c1-4-6-7-8-9-10-15(3)18(13-5-2)16-11-12-17-14-16/h15-17H,4-14H2,1-3H3. The van der Waals surface area contributed by atoms with E-state index >= 15 is 0 Å². The van der Waals surface area contributed by atoms with Gasteiger partial charge in [-0.15, -0.1) is 0 Å². The third-order valence-corrected chi connectivity index (χ3v) is 4.28. The Morgan fingerprint density at radius 1 is 1.11 bits per heavy atom. The quantitative estimate of drug-likeness (QED) is 0.596. The molecular weight excluding hydrogens is 220 g/mol. The predicted molar refractivity (Wildman–Crippen MR) is 81.1 cm³/mol. The number of hydrogen-bond acceptors (Lipinski definition) is 2. The Labute approximate surface area is 115 Å². The minimum atomic E-state index is 0.775. The Kier molecular flexibility index (Phi) is 8.70. The monoisotopic (exact) mass is 254 g/mol. The molecule has 2 atom stereocenters. The lowest BCUT2D eigenvalue weighted by molar-refractivity contribution is 0.144. The Balaban J connectivity index is 2.23. The predicted octanol–water partition coefficient (Wildman–Crippen LogP) is 3.81. The van der Waals surface area contributed by atoms with Crippen molar-refractivity contribution in [2.45, 2.75) is 84.2 Å². The van der Waals surface area contributed by atoms with Gasteiger partial charge in [0.1, 0.15) is 0 Å². The van der Waals surface area contributed by atoms with E-state index in [0.29, 0.717) is 0 Å².